The lowest BCUT2D eigenvalue weighted by molar-refractivity contribution is 0.446. The van der Waals surface area contributed by atoms with Crippen molar-refractivity contribution in [3.63, 3.8) is 0 Å². The molecule has 1 spiro atoms. The molecule has 0 aromatic carbocycles. The van der Waals surface area contributed by atoms with E-state index in [-0.39, 0.29) is 5.41 Å². The summed E-state index contributed by atoms with van der Waals surface area (Å²) >= 11 is 0. The minimum Gasteiger partial charge on any atom is -0.0988 e. The lowest BCUT2D eigenvalue weighted by atomic mass is 9.75. The van der Waals surface area contributed by atoms with Gasteiger partial charge in [0, 0.05) is 5.41 Å². The third-order valence-corrected chi connectivity index (χ3v) is 4.45. The van der Waals surface area contributed by atoms with Crippen molar-refractivity contribution in [2.45, 2.75) is 39.5 Å². The van der Waals surface area contributed by atoms with E-state index >= 15 is 0 Å². The predicted octanol–water partition coefficient (Wildman–Crippen LogP) is 5.12. The monoisotopic (exact) mass is 226 g/mol. The van der Waals surface area contributed by atoms with E-state index in [1.165, 1.54) is 41.6 Å². The molecule has 0 saturated heterocycles. The third kappa shape index (κ3) is 1.58. The van der Waals surface area contributed by atoms with Crippen molar-refractivity contribution in [1.29, 1.82) is 0 Å². The van der Waals surface area contributed by atoms with Gasteiger partial charge in [-0.25, -0.2) is 0 Å². The Labute approximate surface area is 105 Å². The molecule has 90 valence electrons. The fraction of sp³-hybridized carbons (Fsp3) is 0.412. The quantitative estimate of drug-likeness (QED) is 0.613. The minimum atomic E-state index is 0.252. The Balaban J connectivity index is 2.56. The zero-order valence-electron chi connectivity index (χ0n) is 11.1. The van der Waals surface area contributed by atoms with Gasteiger partial charge in [-0.2, -0.15) is 0 Å². The second kappa shape index (κ2) is 4.52. The maximum absolute atomic E-state index is 4.03. The summed E-state index contributed by atoms with van der Waals surface area (Å²) in [5.41, 5.74) is 6.14. The molecule has 0 aromatic heterocycles. The van der Waals surface area contributed by atoms with Gasteiger partial charge in [0.2, 0.25) is 0 Å². The molecule has 0 amide bonds. The zero-order chi connectivity index (χ0) is 12.5. The molecule has 0 aliphatic heterocycles. The molecule has 1 fully saturated rings. The first-order valence-electron chi connectivity index (χ1n) is 6.54. The first kappa shape index (κ1) is 12.2. The summed E-state index contributed by atoms with van der Waals surface area (Å²) in [6.07, 6.45) is 13.5. The van der Waals surface area contributed by atoms with Crippen molar-refractivity contribution >= 4 is 0 Å². The maximum Gasteiger partial charge on any atom is 0.0211 e. The highest BCUT2D eigenvalue weighted by Crippen LogP contribution is 2.59. The molecule has 0 aromatic rings. The topological polar surface area (TPSA) is 0 Å². The van der Waals surface area contributed by atoms with E-state index in [2.05, 4.69) is 45.2 Å². The van der Waals surface area contributed by atoms with Gasteiger partial charge in [-0.3, -0.25) is 0 Å². The smallest absolute Gasteiger partial charge is 0.0211 e. The van der Waals surface area contributed by atoms with Crippen LogP contribution in [0.4, 0.5) is 0 Å². The van der Waals surface area contributed by atoms with Gasteiger partial charge in [0.25, 0.3) is 0 Å². The normalized spacial score (nSPS) is 33.1. The molecule has 17 heavy (non-hydrogen) atoms. The van der Waals surface area contributed by atoms with Crippen molar-refractivity contribution in [1.82, 2.24) is 0 Å². The lowest BCUT2D eigenvalue weighted by Gasteiger charge is -2.28. The van der Waals surface area contributed by atoms with Crippen LogP contribution in [0.15, 0.2) is 59.8 Å². The Morgan fingerprint density at radius 3 is 2.24 bits per heavy atom. The molecular formula is C17H22. The Bertz CT molecular complexity index is 443. The highest BCUT2D eigenvalue weighted by atomic mass is 14.5. The molecule has 0 bridgehead atoms. The lowest BCUT2D eigenvalue weighted by Crippen LogP contribution is -2.17. The van der Waals surface area contributed by atoms with Crippen molar-refractivity contribution in [2.24, 2.45) is 5.41 Å². The first-order chi connectivity index (χ1) is 8.23. The average Bonchev–Trinajstić information content (AvgIpc) is 2.90. The molecule has 2 rings (SSSR count). The molecule has 1 saturated carbocycles. The predicted molar refractivity (Wildman–Crippen MR) is 75.8 cm³/mol. The van der Waals surface area contributed by atoms with Crippen LogP contribution >= 0.6 is 0 Å². The fourth-order valence-electron chi connectivity index (χ4n) is 3.69. The molecule has 0 N–H and O–H groups in total. The van der Waals surface area contributed by atoms with Crippen LogP contribution in [0, 0.1) is 5.41 Å². The molecule has 0 radical (unpaired) electrons. The van der Waals surface area contributed by atoms with Crippen LogP contribution in [0.5, 0.6) is 0 Å². The second-order valence-electron chi connectivity index (χ2n) is 4.95. The molecule has 1 atom stereocenters. The number of allylic oxidation sites excluding steroid dienone is 8. The van der Waals surface area contributed by atoms with E-state index in [9.17, 15) is 0 Å². The van der Waals surface area contributed by atoms with Crippen molar-refractivity contribution < 1.29 is 0 Å². The van der Waals surface area contributed by atoms with Crippen LogP contribution < -0.4 is 0 Å². The van der Waals surface area contributed by atoms with E-state index in [0.29, 0.717) is 0 Å². The Kier molecular flexibility index (Phi) is 3.24. The third-order valence-electron chi connectivity index (χ3n) is 4.45. The van der Waals surface area contributed by atoms with E-state index in [4.69, 9.17) is 0 Å². The maximum atomic E-state index is 4.03. The van der Waals surface area contributed by atoms with Gasteiger partial charge in [-0.1, -0.05) is 37.5 Å². The molecule has 1 unspecified atom stereocenters. The molecule has 2 aliphatic rings. The van der Waals surface area contributed by atoms with Crippen LogP contribution in [0.1, 0.15) is 39.5 Å². The number of hydrogen-bond donors (Lipinski definition) is 0. The van der Waals surface area contributed by atoms with Gasteiger partial charge in [-0.05, 0) is 61.8 Å². The largest absolute Gasteiger partial charge is 0.0988 e. The molecule has 0 heteroatoms. The van der Waals surface area contributed by atoms with E-state index in [1.54, 1.807) is 0 Å². The summed E-state index contributed by atoms with van der Waals surface area (Å²) in [6.45, 7) is 12.3. The standard InChI is InChI=1S/C17H22/c1-5-13-9-11-17(15(13)7-3)12-10-14(6-2)16(17)8-4/h5-8H,1,3,9-12H2,2,4H3/b14-6-,16-8+. The van der Waals surface area contributed by atoms with Crippen LogP contribution in [0.2, 0.25) is 0 Å². The molecule has 0 nitrogen and oxygen atoms in total. The summed E-state index contributed by atoms with van der Waals surface area (Å²) in [6, 6.07) is 0. The van der Waals surface area contributed by atoms with Crippen molar-refractivity contribution in [3.8, 4) is 0 Å². The summed E-state index contributed by atoms with van der Waals surface area (Å²) in [5, 5.41) is 0. The van der Waals surface area contributed by atoms with Gasteiger partial charge in [0.05, 0.1) is 0 Å². The van der Waals surface area contributed by atoms with Crippen molar-refractivity contribution in [3.05, 3.63) is 59.8 Å². The average molecular weight is 226 g/mol. The number of rotatable bonds is 2. The summed E-state index contributed by atoms with van der Waals surface area (Å²) < 4.78 is 0. The SMILES string of the molecule is C=CC1=C(C=C)C2(CC1)CCC(=C/C)/C2=C\C. The summed E-state index contributed by atoms with van der Waals surface area (Å²) in [4.78, 5) is 0. The van der Waals surface area contributed by atoms with Crippen molar-refractivity contribution in [2.75, 3.05) is 0 Å². The van der Waals surface area contributed by atoms with Gasteiger partial charge >= 0.3 is 0 Å². The van der Waals surface area contributed by atoms with E-state index < -0.39 is 0 Å². The molecule has 2 aliphatic carbocycles. The second-order valence-corrected chi connectivity index (χ2v) is 4.95. The van der Waals surface area contributed by atoms with Gasteiger partial charge in [-0.15, -0.1) is 0 Å². The van der Waals surface area contributed by atoms with E-state index in [1.807, 2.05) is 6.08 Å². The van der Waals surface area contributed by atoms with Gasteiger partial charge in [0.1, 0.15) is 0 Å². The van der Waals surface area contributed by atoms with Crippen LogP contribution in [-0.2, 0) is 0 Å². The number of hydrogen-bond acceptors (Lipinski definition) is 0. The molecular weight excluding hydrogens is 204 g/mol. The fourth-order valence-corrected chi connectivity index (χ4v) is 3.69. The van der Waals surface area contributed by atoms with Gasteiger partial charge < -0.3 is 0 Å². The Morgan fingerprint density at radius 2 is 1.71 bits per heavy atom. The van der Waals surface area contributed by atoms with Crippen LogP contribution in [0.3, 0.4) is 0 Å². The van der Waals surface area contributed by atoms with Crippen LogP contribution in [-0.4, -0.2) is 0 Å². The van der Waals surface area contributed by atoms with Crippen LogP contribution in [0.25, 0.3) is 0 Å². The van der Waals surface area contributed by atoms with E-state index in [0.717, 1.165) is 6.42 Å². The first-order valence-corrected chi connectivity index (χ1v) is 6.54. The summed E-state index contributed by atoms with van der Waals surface area (Å²) in [5.74, 6) is 0. The summed E-state index contributed by atoms with van der Waals surface area (Å²) in [7, 11) is 0. The minimum absolute atomic E-state index is 0.252. The molecule has 0 heterocycles. The Morgan fingerprint density at radius 1 is 1.00 bits per heavy atom. The highest BCUT2D eigenvalue weighted by molar-refractivity contribution is 5.55. The highest BCUT2D eigenvalue weighted by Gasteiger charge is 2.45. The Hall–Kier alpha value is -1.30. The van der Waals surface area contributed by atoms with Gasteiger partial charge in [0.15, 0.2) is 0 Å². The zero-order valence-corrected chi connectivity index (χ0v) is 11.1.